The minimum atomic E-state index is -0.526. The maximum Gasteiger partial charge on any atom is 0.254 e. The molecule has 1 aromatic carbocycles. The second-order valence-corrected chi connectivity index (χ2v) is 5.12. The van der Waals surface area contributed by atoms with Gasteiger partial charge in [-0.2, -0.15) is 0 Å². The van der Waals surface area contributed by atoms with Crippen LogP contribution in [0.25, 0.3) is 0 Å². The maximum atomic E-state index is 13.5. The van der Waals surface area contributed by atoms with E-state index >= 15 is 0 Å². The fourth-order valence-electron chi connectivity index (χ4n) is 2.50. The number of ether oxygens (including phenoxy) is 1. The van der Waals surface area contributed by atoms with Crippen LogP contribution in [-0.2, 0) is 0 Å². The van der Waals surface area contributed by atoms with Crippen LogP contribution in [0.2, 0.25) is 0 Å². The van der Waals surface area contributed by atoms with Crippen LogP contribution in [0.1, 0.15) is 30.1 Å². The molecule has 4 nitrogen and oxygen atoms in total. The topological polar surface area (TPSA) is 55.6 Å². The lowest BCUT2D eigenvalue weighted by molar-refractivity contribution is 0.0386. The smallest absolute Gasteiger partial charge is 0.254 e. The van der Waals surface area contributed by atoms with E-state index in [1.165, 1.54) is 19.2 Å². The van der Waals surface area contributed by atoms with Crippen LogP contribution in [-0.4, -0.2) is 36.5 Å². The third kappa shape index (κ3) is 2.71. The Morgan fingerprint density at radius 2 is 2.21 bits per heavy atom. The van der Waals surface area contributed by atoms with E-state index in [0.29, 0.717) is 18.7 Å². The molecule has 0 spiro atoms. The highest BCUT2D eigenvalue weighted by molar-refractivity contribution is 5.95. The molecule has 0 aliphatic carbocycles. The number of hydrogen-bond acceptors (Lipinski definition) is 3. The summed E-state index contributed by atoms with van der Waals surface area (Å²) in [5.74, 6) is -0.570. The van der Waals surface area contributed by atoms with Gasteiger partial charge >= 0.3 is 0 Å². The molecule has 1 fully saturated rings. The summed E-state index contributed by atoms with van der Waals surface area (Å²) in [7, 11) is 1.39. The number of methoxy groups -OCH3 is 1. The first kappa shape index (κ1) is 13.8. The van der Waals surface area contributed by atoms with Crippen molar-refractivity contribution in [3.8, 4) is 5.75 Å². The number of benzene rings is 1. The Morgan fingerprint density at radius 1 is 1.53 bits per heavy atom. The number of carbonyl (C=O) groups is 1. The summed E-state index contributed by atoms with van der Waals surface area (Å²) in [6, 6.07) is 4.24. The van der Waals surface area contributed by atoms with Gasteiger partial charge in [-0.3, -0.25) is 4.79 Å². The molecule has 5 heteroatoms. The molecule has 1 saturated heterocycles. The van der Waals surface area contributed by atoms with Crippen LogP contribution in [0.4, 0.5) is 4.39 Å². The van der Waals surface area contributed by atoms with Crippen molar-refractivity contribution in [2.24, 2.45) is 5.73 Å². The molecule has 2 rings (SSSR count). The fourth-order valence-corrected chi connectivity index (χ4v) is 2.50. The van der Waals surface area contributed by atoms with Gasteiger partial charge in [0.2, 0.25) is 0 Å². The highest BCUT2D eigenvalue weighted by Crippen LogP contribution is 2.26. The van der Waals surface area contributed by atoms with Crippen LogP contribution >= 0.6 is 0 Å². The summed E-state index contributed by atoms with van der Waals surface area (Å²) in [5, 5.41) is 0. The number of likely N-dealkylation sites (tertiary alicyclic amines) is 1. The molecule has 1 aromatic rings. The van der Waals surface area contributed by atoms with E-state index in [9.17, 15) is 9.18 Å². The van der Waals surface area contributed by atoms with Crippen molar-refractivity contribution >= 4 is 5.91 Å². The Hall–Kier alpha value is -1.62. The second-order valence-electron chi connectivity index (χ2n) is 5.12. The molecular formula is C14H19FN2O2. The van der Waals surface area contributed by atoms with Gasteiger partial charge < -0.3 is 15.4 Å². The third-order valence-corrected chi connectivity index (χ3v) is 3.45. The molecule has 0 unspecified atom stereocenters. The summed E-state index contributed by atoms with van der Waals surface area (Å²) in [6.45, 7) is 3.14. The Bertz CT molecular complexity index is 484. The van der Waals surface area contributed by atoms with E-state index in [4.69, 9.17) is 10.5 Å². The molecule has 104 valence electrons. The number of nitrogens with zero attached hydrogens (tertiary/aromatic N) is 1. The van der Waals surface area contributed by atoms with Crippen molar-refractivity contribution in [2.45, 2.75) is 25.3 Å². The average molecular weight is 266 g/mol. The first-order valence-electron chi connectivity index (χ1n) is 6.41. The zero-order valence-corrected chi connectivity index (χ0v) is 11.3. The molecule has 0 bridgehead atoms. The first-order valence-corrected chi connectivity index (χ1v) is 6.41. The Labute approximate surface area is 112 Å². The average Bonchev–Trinajstić information content (AvgIpc) is 2.35. The van der Waals surface area contributed by atoms with Crippen molar-refractivity contribution in [3.63, 3.8) is 0 Å². The van der Waals surface area contributed by atoms with Gasteiger partial charge in [0.25, 0.3) is 5.91 Å². The Kier molecular flexibility index (Phi) is 3.75. The largest absolute Gasteiger partial charge is 0.494 e. The standard InChI is InChI=1S/C14H19FN2O2/c1-3-6-14(16)8-17(9-14)13(18)10-4-5-12(19-2)11(15)7-10/h4-5,7H,3,6,8-9,16H2,1-2H3. The minimum Gasteiger partial charge on any atom is -0.494 e. The van der Waals surface area contributed by atoms with E-state index in [0.717, 1.165) is 12.8 Å². The van der Waals surface area contributed by atoms with Crippen LogP contribution in [0.3, 0.4) is 0 Å². The molecule has 0 atom stereocenters. The van der Waals surface area contributed by atoms with Crippen LogP contribution < -0.4 is 10.5 Å². The number of carbonyl (C=O) groups excluding carboxylic acids is 1. The van der Waals surface area contributed by atoms with E-state index in [2.05, 4.69) is 6.92 Å². The predicted molar refractivity (Wildman–Crippen MR) is 70.7 cm³/mol. The quantitative estimate of drug-likeness (QED) is 0.904. The van der Waals surface area contributed by atoms with Crippen molar-refractivity contribution in [1.82, 2.24) is 4.90 Å². The summed E-state index contributed by atoms with van der Waals surface area (Å²) in [5.41, 5.74) is 6.17. The van der Waals surface area contributed by atoms with Crippen molar-refractivity contribution < 1.29 is 13.9 Å². The van der Waals surface area contributed by atoms with Gasteiger partial charge in [0.1, 0.15) is 0 Å². The minimum absolute atomic E-state index is 0.138. The number of halogens is 1. The van der Waals surface area contributed by atoms with Gasteiger partial charge in [-0.1, -0.05) is 13.3 Å². The van der Waals surface area contributed by atoms with Crippen LogP contribution in [0, 0.1) is 5.82 Å². The van der Waals surface area contributed by atoms with Crippen molar-refractivity contribution in [1.29, 1.82) is 0 Å². The number of amides is 1. The molecule has 0 saturated carbocycles. The SMILES string of the molecule is CCCC1(N)CN(C(=O)c2ccc(OC)c(F)c2)C1. The molecule has 0 radical (unpaired) electrons. The molecule has 2 N–H and O–H groups in total. The summed E-state index contributed by atoms with van der Waals surface area (Å²) in [6.07, 6.45) is 1.89. The van der Waals surface area contributed by atoms with Gasteiger partial charge in [0.15, 0.2) is 11.6 Å². The van der Waals surface area contributed by atoms with Gasteiger partial charge in [-0.25, -0.2) is 4.39 Å². The van der Waals surface area contributed by atoms with E-state index < -0.39 is 5.82 Å². The zero-order chi connectivity index (χ0) is 14.0. The lowest BCUT2D eigenvalue weighted by Crippen LogP contribution is -2.68. The maximum absolute atomic E-state index is 13.5. The Balaban J connectivity index is 2.04. The van der Waals surface area contributed by atoms with Gasteiger partial charge in [0, 0.05) is 18.7 Å². The normalized spacial score (nSPS) is 16.9. The molecular weight excluding hydrogens is 247 g/mol. The fraction of sp³-hybridized carbons (Fsp3) is 0.500. The molecule has 0 aromatic heterocycles. The highest BCUT2D eigenvalue weighted by Gasteiger charge is 2.41. The number of rotatable bonds is 4. The Morgan fingerprint density at radius 3 is 2.74 bits per heavy atom. The number of nitrogens with two attached hydrogens (primary N) is 1. The summed E-state index contributed by atoms with van der Waals surface area (Å²) in [4.78, 5) is 13.8. The summed E-state index contributed by atoms with van der Waals surface area (Å²) >= 11 is 0. The molecule has 1 amide bonds. The van der Waals surface area contributed by atoms with Gasteiger partial charge in [0.05, 0.1) is 12.6 Å². The molecule has 1 aliphatic rings. The van der Waals surface area contributed by atoms with Gasteiger partial charge in [-0.15, -0.1) is 0 Å². The number of hydrogen-bond donors (Lipinski definition) is 1. The lowest BCUT2D eigenvalue weighted by atomic mass is 9.86. The highest BCUT2D eigenvalue weighted by atomic mass is 19.1. The van der Waals surface area contributed by atoms with Crippen LogP contribution in [0.15, 0.2) is 18.2 Å². The summed E-state index contributed by atoms with van der Waals surface area (Å²) < 4.78 is 18.4. The zero-order valence-electron chi connectivity index (χ0n) is 11.3. The third-order valence-electron chi connectivity index (χ3n) is 3.45. The predicted octanol–water partition coefficient (Wildman–Crippen LogP) is 1.79. The monoisotopic (exact) mass is 266 g/mol. The van der Waals surface area contributed by atoms with E-state index in [1.54, 1.807) is 11.0 Å². The lowest BCUT2D eigenvalue weighted by Gasteiger charge is -2.47. The second kappa shape index (κ2) is 5.17. The van der Waals surface area contributed by atoms with Crippen molar-refractivity contribution in [2.75, 3.05) is 20.2 Å². The van der Waals surface area contributed by atoms with E-state index in [1.807, 2.05) is 0 Å². The molecule has 1 aliphatic heterocycles. The van der Waals surface area contributed by atoms with Crippen LogP contribution in [0.5, 0.6) is 5.75 Å². The van der Waals surface area contributed by atoms with Crippen molar-refractivity contribution in [3.05, 3.63) is 29.6 Å². The van der Waals surface area contributed by atoms with Gasteiger partial charge in [-0.05, 0) is 24.6 Å². The van der Waals surface area contributed by atoms with E-state index in [-0.39, 0.29) is 17.2 Å². The molecule has 1 heterocycles. The first-order chi connectivity index (χ1) is 8.99. The molecule has 19 heavy (non-hydrogen) atoms.